The van der Waals surface area contributed by atoms with E-state index in [2.05, 4.69) is 41.5 Å². The highest BCUT2D eigenvalue weighted by Crippen LogP contribution is 2.56. The summed E-state index contributed by atoms with van der Waals surface area (Å²) < 4.78 is 0. The van der Waals surface area contributed by atoms with Gasteiger partial charge in [0.1, 0.15) is 0 Å². The van der Waals surface area contributed by atoms with Gasteiger partial charge in [0, 0.05) is 0 Å². The molecule has 0 unspecified atom stereocenters. The summed E-state index contributed by atoms with van der Waals surface area (Å²) in [6.07, 6.45) is 7.44. The van der Waals surface area contributed by atoms with Gasteiger partial charge >= 0.3 is 0 Å². The second-order valence-electron chi connectivity index (χ2n) is 8.96. The van der Waals surface area contributed by atoms with Crippen molar-refractivity contribution in [3.8, 4) is 0 Å². The first kappa shape index (κ1) is 13.4. The Hall–Kier alpha value is 0. The van der Waals surface area contributed by atoms with Crippen LogP contribution in [-0.2, 0) is 0 Å². The Kier molecular flexibility index (Phi) is 3.38. The van der Waals surface area contributed by atoms with Crippen molar-refractivity contribution in [1.82, 2.24) is 0 Å². The lowest BCUT2D eigenvalue weighted by atomic mass is 9.67. The van der Waals surface area contributed by atoms with E-state index >= 15 is 0 Å². The fraction of sp³-hybridized carbons (Fsp3) is 1.00. The Morgan fingerprint density at radius 1 is 0.941 bits per heavy atom. The van der Waals surface area contributed by atoms with E-state index in [1.165, 1.54) is 25.7 Å². The maximum absolute atomic E-state index is 2.53. The minimum absolute atomic E-state index is 0.477. The smallest absolute Gasteiger partial charge is 0.0346 e. The molecule has 100 valence electrons. The zero-order valence-corrected chi connectivity index (χ0v) is 12.8. The molecule has 0 heterocycles. The molecule has 0 radical (unpaired) electrons. The molecule has 2 rings (SSSR count). The fourth-order valence-corrected chi connectivity index (χ4v) is 5.20. The molecule has 0 aliphatic heterocycles. The van der Waals surface area contributed by atoms with E-state index in [1.807, 2.05) is 0 Å². The second-order valence-corrected chi connectivity index (χ2v) is 8.96. The highest BCUT2D eigenvalue weighted by molar-refractivity contribution is 4.96. The average Bonchev–Trinajstić information content (AvgIpc) is 2.65. The van der Waals surface area contributed by atoms with Crippen molar-refractivity contribution < 1.29 is 0 Å². The Balaban J connectivity index is 1.96. The van der Waals surface area contributed by atoms with E-state index in [0.717, 1.165) is 23.7 Å². The van der Waals surface area contributed by atoms with Crippen molar-refractivity contribution in [3.05, 3.63) is 0 Å². The monoisotopic (exact) mass is 236 g/mol. The number of fused-ring (bicyclic) bond motifs is 2. The van der Waals surface area contributed by atoms with Gasteiger partial charge in [-0.15, -0.1) is 0 Å². The third-order valence-corrected chi connectivity index (χ3v) is 5.34. The SMILES string of the molecule is C[C@@H]1[C@@H]2CC[C@@H](C2)[C@H]1CC(C)(C)CC(C)(C)C. The molecule has 0 heteroatoms. The van der Waals surface area contributed by atoms with Crippen LogP contribution >= 0.6 is 0 Å². The summed E-state index contributed by atoms with van der Waals surface area (Å²) in [6.45, 7) is 14.7. The normalized spacial score (nSPS) is 37.8. The Labute approximate surface area is 109 Å². The highest BCUT2D eigenvalue weighted by Gasteiger charge is 2.46. The molecule has 2 aliphatic carbocycles. The maximum Gasteiger partial charge on any atom is -0.0346 e. The Morgan fingerprint density at radius 2 is 1.53 bits per heavy atom. The lowest BCUT2D eigenvalue weighted by molar-refractivity contribution is 0.118. The van der Waals surface area contributed by atoms with Crippen LogP contribution in [0.1, 0.15) is 73.6 Å². The van der Waals surface area contributed by atoms with Gasteiger partial charge in [-0.25, -0.2) is 0 Å². The lowest BCUT2D eigenvalue weighted by Gasteiger charge is -2.38. The molecule has 4 atom stereocenters. The van der Waals surface area contributed by atoms with E-state index < -0.39 is 0 Å². The van der Waals surface area contributed by atoms with Crippen LogP contribution in [0.25, 0.3) is 0 Å². The van der Waals surface area contributed by atoms with Gasteiger partial charge in [0.2, 0.25) is 0 Å². The van der Waals surface area contributed by atoms with Crippen LogP contribution in [0.5, 0.6) is 0 Å². The van der Waals surface area contributed by atoms with Crippen LogP contribution in [0.15, 0.2) is 0 Å². The topological polar surface area (TPSA) is 0 Å². The maximum atomic E-state index is 2.53. The van der Waals surface area contributed by atoms with Gasteiger partial charge in [-0.1, -0.05) is 41.5 Å². The zero-order chi connectivity index (χ0) is 12.8. The van der Waals surface area contributed by atoms with E-state index in [-0.39, 0.29) is 0 Å². The summed E-state index contributed by atoms with van der Waals surface area (Å²) in [7, 11) is 0. The first-order chi connectivity index (χ1) is 7.68. The van der Waals surface area contributed by atoms with Crippen molar-refractivity contribution in [2.75, 3.05) is 0 Å². The summed E-state index contributed by atoms with van der Waals surface area (Å²) in [5.74, 6) is 4.20. The zero-order valence-electron chi connectivity index (χ0n) is 12.8. The summed E-state index contributed by atoms with van der Waals surface area (Å²) >= 11 is 0. The van der Waals surface area contributed by atoms with Gasteiger partial charge < -0.3 is 0 Å². The van der Waals surface area contributed by atoms with E-state index in [0.29, 0.717) is 10.8 Å². The van der Waals surface area contributed by atoms with Crippen LogP contribution in [0.2, 0.25) is 0 Å². The third kappa shape index (κ3) is 3.06. The fourth-order valence-electron chi connectivity index (χ4n) is 5.20. The lowest BCUT2D eigenvalue weighted by Crippen LogP contribution is -2.29. The molecule has 0 aromatic heterocycles. The van der Waals surface area contributed by atoms with Crippen molar-refractivity contribution in [2.24, 2.45) is 34.5 Å². The molecule has 0 aromatic carbocycles. The van der Waals surface area contributed by atoms with Crippen molar-refractivity contribution in [2.45, 2.75) is 73.6 Å². The van der Waals surface area contributed by atoms with Crippen molar-refractivity contribution in [3.63, 3.8) is 0 Å². The summed E-state index contributed by atoms with van der Waals surface area (Å²) in [6, 6.07) is 0. The summed E-state index contributed by atoms with van der Waals surface area (Å²) in [5, 5.41) is 0. The molecular formula is C17H32. The van der Waals surface area contributed by atoms with Gasteiger partial charge in [0.25, 0.3) is 0 Å². The predicted octanol–water partition coefficient (Wildman–Crippen LogP) is 5.52. The highest BCUT2D eigenvalue weighted by atomic mass is 14.5. The molecule has 0 aromatic rings. The molecule has 17 heavy (non-hydrogen) atoms. The van der Waals surface area contributed by atoms with Gasteiger partial charge in [0.15, 0.2) is 0 Å². The number of hydrogen-bond donors (Lipinski definition) is 0. The summed E-state index contributed by atoms with van der Waals surface area (Å²) in [4.78, 5) is 0. The standard InChI is InChI=1S/C17H32/c1-12-13-7-8-14(9-13)15(12)10-17(5,6)11-16(2,3)4/h12-15H,7-11H2,1-6H3/t12-,13-,14+,15+/m1/s1. The van der Waals surface area contributed by atoms with Gasteiger partial charge in [0.05, 0.1) is 0 Å². The van der Waals surface area contributed by atoms with Crippen LogP contribution in [-0.4, -0.2) is 0 Å². The molecular weight excluding hydrogens is 204 g/mol. The number of hydrogen-bond acceptors (Lipinski definition) is 0. The molecule has 2 fully saturated rings. The molecule has 0 nitrogen and oxygen atoms in total. The molecule has 0 saturated heterocycles. The quantitative estimate of drug-likeness (QED) is 0.605. The first-order valence-electron chi connectivity index (χ1n) is 7.68. The molecule has 2 aliphatic rings. The second kappa shape index (κ2) is 4.28. The van der Waals surface area contributed by atoms with Crippen LogP contribution in [0.3, 0.4) is 0 Å². The minimum Gasteiger partial charge on any atom is -0.0620 e. The van der Waals surface area contributed by atoms with Crippen LogP contribution in [0.4, 0.5) is 0 Å². The molecule has 2 saturated carbocycles. The average molecular weight is 236 g/mol. The largest absolute Gasteiger partial charge is 0.0620 e. The molecule has 0 N–H and O–H groups in total. The van der Waals surface area contributed by atoms with Crippen LogP contribution in [0, 0.1) is 34.5 Å². The summed E-state index contributed by atoms with van der Waals surface area (Å²) in [5.41, 5.74) is 1.01. The van der Waals surface area contributed by atoms with Gasteiger partial charge in [-0.2, -0.15) is 0 Å². The van der Waals surface area contributed by atoms with E-state index in [1.54, 1.807) is 6.42 Å². The van der Waals surface area contributed by atoms with Crippen LogP contribution < -0.4 is 0 Å². The Morgan fingerprint density at radius 3 is 2.00 bits per heavy atom. The Bertz CT molecular complexity index is 266. The van der Waals surface area contributed by atoms with Crippen molar-refractivity contribution >= 4 is 0 Å². The molecule has 2 bridgehead atoms. The number of rotatable bonds is 3. The first-order valence-corrected chi connectivity index (χ1v) is 7.68. The van der Waals surface area contributed by atoms with Gasteiger partial charge in [-0.3, -0.25) is 0 Å². The predicted molar refractivity (Wildman–Crippen MR) is 76.0 cm³/mol. The minimum atomic E-state index is 0.477. The van der Waals surface area contributed by atoms with Gasteiger partial charge in [-0.05, 0) is 66.6 Å². The van der Waals surface area contributed by atoms with E-state index in [9.17, 15) is 0 Å². The molecule has 0 amide bonds. The molecule has 0 spiro atoms. The van der Waals surface area contributed by atoms with E-state index in [4.69, 9.17) is 0 Å². The third-order valence-electron chi connectivity index (χ3n) is 5.34. The van der Waals surface area contributed by atoms with Crippen molar-refractivity contribution in [1.29, 1.82) is 0 Å².